The second kappa shape index (κ2) is 10.9. The maximum Gasteiger partial charge on any atom is 0.407 e. The maximum atomic E-state index is 13.3. The van der Waals surface area contributed by atoms with Gasteiger partial charge in [-0.3, -0.25) is 9.59 Å². The van der Waals surface area contributed by atoms with E-state index in [0.29, 0.717) is 19.3 Å². The number of nitrogens with zero attached hydrogens (tertiary/aromatic N) is 1. The van der Waals surface area contributed by atoms with E-state index in [-0.39, 0.29) is 37.6 Å². The molecule has 2 aromatic carbocycles. The lowest BCUT2D eigenvalue weighted by Gasteiger charge is -2.38. The van der Waals surface area contributed by atoms with Gasteiger partial charge in [-0.05, 0) is 48.4 Å². The summed E-state index contributed by atoms with van der Waals surface area (Å²) in [5.74, 6) is -1.92. The number of benzene rings is 2. The first-order valence-electron chi connectivity index (χ1n) is 12.5. The number of piperidine rings is 1. The highest BCUT2D eigenvalue weighted by Crippen LogP contribution is 2.44. The Bertz CT molecular complexity index is 1040. The first-order chi connectivity index (χ1) is 16.9. The van der Waals surface area contributed by atoms with E-state index >= 15 is 0 Å². The fourth-order valence-corrected chi connectivity index (χ4v) is 5.37. The number of nitrogens with one attached hydrogen (secondary N) is 1. The van der Waals surface area contributed by atoms with Crippen LogP contribution in [0.2, 0.25) is 0 Å². The van der Waals surface area contributed by atoms with Gasteiger partial charge in [0.2, 0.25) is 5.91 Å². The van der Waals surface area contributed by atoms with E-state index in [0.717, 1.165) is 17.5 Å². The Kier molecular flexibility index (Phi) is 7.73. The minimum atomic E-state index is -0.862. The summed E-state index contributed by atoms with van der Waals surface area (Å²) in [7, 11) is 0. The van der Waals surface area contributed by atoms with Crippen LogP contribution in [0, 0.1) is 11.8 Å². The summed E-state index contributed by atoms with van der Waals surface area (Å²) < 4.78 is 5.61. The first kappa shape index (κ1) is 24.8. The lowest BCUT2D eigenvalue weighted by atomic mass is 9.91. The molecule has 1 fully saturated rings. The number of carbonyl (C=O) groups is 3. The quantitative estimate of drug-likeness (QED) is 0.576. The Morgan fingerprint density at radius 3 is 2.29 bits per heavy atom. The van der Waals surface area contributed by atoms with Crippen molar-refractivity contribution in [1.82, 2.24) is 10.2 Å². The third-order valence-electron chi connectivity index (χ3n) is 7.34. The zero-order chi connectivity index (χ0) is 24.9. The fraction of sp³-hybridized carbons (Fsp3) is 0.464. The number of carboxylic acids is 1. The van der Waals surface area contributed by atoms with E-state index in [2.05, 4.69) is 29.6 Å². The van der Waals surface area contributed by atoms with E-state index in [4.69, 9.17) is 4.74 Å². The molecule has 3 unspecified atom stereocenters. The number of amides is 2. The Balaban J connectivity index is 1.35. The Hall–Kier alpha value is -3.35. The molecular formula is C28H34N2O5. The zero-order valence-corrected chi connectivity index (χ0v) is 20.4. The van der Waals surface area contributed by atoms with Gasteiger partial charge in [-0.2, -0.15) is 0 Å². The van der Waals surface area contributed by atoms with Crippen LogP contribution < -0.4 is 5.32 Å². The van der Waals surface area contributed by atoms with Crippen molar-refractivity contribution < 1.29 is 24.2 Å². The third-order valence-corrected chi connectivity index (χ3v) is 7.34. The molecule has 4 rings (SSSR count). The lowest BCUT2D eigenvalue weighted by Crippen LogP contribution is -2.51. The number of carboxylic acid groups (broad SMARTS) is 1. The van der Waals surface area contributed by atoms with Gasteiger partial charge in [-0.1, -0.05) is 61.9 Å². The molecular weight excluding hydrogens is 444 g/mol. The van der Waals surface area contributed by atoms with Gasteiger partial charge in [-0.15, -0.1) is 0 Å². The van der Waals surface area contributed by atoms with E-state index in [1.165, 1.54) is 11.1 Å². The van der Waals surface area contributed by atoms with Crippen LogP contribution in [-0.4, -0.2) is 53.7 Å². The predicted octanol–water partition coefficient (Wildman–Crippen LogP) is 4.65. The first-order valence-corrected chi connectivity index (χ1v) is 12.5. The van der Waals surface area contributed by atoms with Crippen molar-refractivity contribution in [2.75, 3.05) is 19.7 Å². The molecule has 0 bridgehead atoms. The van der Waals surface area contributed by atoms with Crippen molar-refractivity contribution in [2.45, 2.75) is 51.5 Å². The number of hydrogen-bond acceptors (Lipinski definition) is 4. The number of hydrogen-bond donors (Lipinski definition) is 2. The van der Waals surface area contributed by atoms with Gasteiger partial charge in [0.1, 0.15) is 6.61 Å². The summed E-state index contributed by atoms with van der Waals surface area (Å²) in [5, 5.41) is 12.2. The van der Waals surface area contributed by atoms with Gasteiger partial charge in [0, 0.05) is 25.0 Å². The van der Waals surface area contributed by atoms with Crippen molar-refractivity contribution in [3.8, 4) is 11.1 Å². The third kappa shape index (κ3) is 5.34. The summed E-state index contributed by atoms with van der Waals surface area (Å²) in [4.78, 5) is 39.0. The highest BCUT2D eigenvalue weighted by atomic mass is 16.5. The van der Waals surface area contributed by atoms with Gasteiger partial charge >= 0.3 is 12.1 Å². The Labute approximate surface area is 206 Å². The van der Waals surface area contributed by atoms with Crippen molar-refractivity contribution >= 4 is 18.0 Å². The summed E-state index contributed by atoms with van der Waals surface area (Å²) in [6.07, 6.45) is 2.10. The molecule has 186 valence electrons. The summed E-state index contributed by atoms with van der Waals surface area (Å²) in [5.41, 5.74) is 4.63. The topological polar surface area (TPSA) is 95.9 Å². The summed E-state index contributed by atoms with van der Waals surface area (Å²) in [6.45, 7) is 4.56. The predicted molar refractivity (Wildman–Crippen MR) is 133 cm³/mol. The number of likely N-dealkylation sites (tertiary alicyclic amines) is 1. The largest absolute Gasteiger partial charge is 0.481 e. The molecule has 1 saturated heterocycles. The molecule has 2 aromatic rings. The van der Waals surface area contributed by atoms with E-state index in [1.807, 2.05) is 38.1 Å². The smallest absolute Gasteiger partial charge is 0.407 e. The second-order valence-corrected chi connectivity index (χ2v) is 9.64. The van der Waals surface area contributed by atoms with Crippen LogP contribution >= 0.6 is 0 Å². The molecule has 1 aliphatic carbocycles. The van der Waals surface area contributed by atoms with Crippen LogP contribution in [0.5, 0.6) is 0 Å². The molecule has 1 aliphatic heterocycles. The van der Waals surface area contributed by atoms with Crippen LogP contribution in [0.4, 0.5) is 4.79 Å². The molecule has 0 spiro atoms. The minimum Gasteiger partial charge on any atom is -0.481 e. The standard InChI is InChI=1S/C28H34N2O5/c1-3-8-19(26(31)30-16-20(27(32)33)14-13-18(30)2)15-29-28(34)35-17-25-23-11-6-4-9-21(23)22-10-5-7-12-24(22)25/h4-7,9-12,18-20,25H,3,8,13-17H2,1-2H3,(H,29,34)(H,32,33). The van der Waals surface area contributed by atoms with Crippen molar-refractivity contribution in [3.63, 3.8) is 0 Å². The highest BCUT2D eigenvalue weighted by Gasteiger charge is 2.35. The summed E-state index contributed by atoms with van der Waals surface area (Å²) in [6, 6.07) is 16.3. The normalized spacial score (nSPS) is 20.0. The number of rotatable bonds is 8. The van der Waals surface area contributed by atoms with E-state index in [9.17, 15) is 19.5 Å². The van der Waals surface area contributed by atoms with Crippen LogP contribution in [0.1, 0.15) is 56.6 Å². The monoisotopic (exact) mass is 478 g/mol. The second-order valence-electron chi connectivity index (χ2n) is 9.64. The number of fused-ring (bicyclic) bond motifs is 3. The van der Waals surface area contributed by atoms with Crippen molar-refractivity contribution in [2.24, 2.45) is 11.8 Å². The number of ether oxygens (including phenoxy) is 1. The average molecular weight is 479 g/mol. The van der Waals surface area contributed by atoms with Crippen LogP contribution in [0.3, 0.4) is 0 Å². The number of aliphatic carboxylic acids is 1. The molecule has 2 aliphatic rings. The van der Waals surface area contributed by atoms with Gasteiger partial charge in [0.15, 0.2) is 0 Å². The zero-order valence-electron chi connectivity index (χ0n) is 20.4. The minimum absolute atomic E-state index is 0.00749. The molecule has 35 heavy (non-hydrogen) atoms. The maximum absolute atomic E-state index is 13.3. The molecule has 7 nitrogen and oxygen atoms in total. The molecule has 2 N–H and O–H groups in total. The molecule has 0 aromatic heterocycles. The summed E-state index contributed by atoms with van der Waals surface area (Å²) >= 11 is 0. The lowest BCUT2D eigenvalue weighted by molar-refractivity contribution is -0.148. The Morgan fingerprint density at radius 1 is 1.06 bits per heavy atom. The van der Waals surface area contributed by atoms with Crippen LogP contribution in [-0.2, 0) is 14.3 Å². The van der Waals surface area contributed by atoms with Crippen molar-refractivity contribution in [1.29, 1.82) is 0 Å². The van der Waals surface area contributed by atoms with Gasteiger partial charge in [0.25, 0.3) is 0 Å². The molecule has 7 heteroatoms. The van der Waals surface area contributed by atoms with E-state index in [1.54, 1.807) is 4.90 Å². The molecule has 0 radical (unpaired) electrons. The molecule has 2 amide bonds. The fourth-order valence-electron chi connectivity index (χ4n) is 5.37. The number of alkyl carbamates (subject to hydrolysis) is 1. The molecule has 3 atom stereocenters. The van der Waals surface area contributed by atoms with Gasteiger partial charge < -0.3 is 20.1 Å². The SMILES string of the molecule is CCCC(CNC(=O)OCC1c2ccccc2-c2ccccc21)C(=O)N1CC(C(=O)O)CCC1C. The average Bonchev–Trinajstić information content (AvgIpc) is 3.18. The molecule has 1 heterocycles. The highest BCUT2D eigenvalue weighted by molar-refractivity contribution is 5.82. The van der Waals surface area contributed by atoms with Crippen LogP contribution in [0.15, 0.2) is 48.5 Å². The van der Waals surface area contributed by atoms with Gasteiger partial charge in [-0.25, -0.2) is 4.79 Å². The number of carbonyl (C=O) groups excluding carboxylic acids is 2. The van der Waals surface area contributed by atoms with Crippen LogP contribution in [0.25, 0.3) is 11.1 Å². The Morgan fingerprint density at radius 2 is 1.69 bits per heavy atom. The van der Waals surface area contributed by atoms with Gasteiger partial charge in [0.05, 0.1) is 11.8 Å². The molecule has 0 saturated carbocycles. The van der Waals surface area contributed by atoms with Crippen molar-refractivity contribution in [3.05, 3.63) is 59.7 Å². The van der Waals surface area contributed by atoms with E-state index < -0.39 is 23.9 Å².